The zero-order valence-electron chi connectivity index (χ0n) is 15.6. The molecule has 0 radical (unpaired) electrons. The van der Waals surface area contributed by atoms with Gasteiger partial charge in [-0.1, -0.05) is 0 Å². The van der Waals surface area contributed by atoms with E-state index in [1.807, 2.05) is 18.5 Å². The van der Waals surface area contributed by atoms with Crippen molar-refractivity contribution in [3.63, 3.8) is 0 Å². The molecule has 0 fully saturated rings. The molecule has 0 amide bonds. The zero-order chi connectivity index (χ0) is 19.4. The normalized spacial score (nSPS) is 11.5. The Morgan fingerprint density at radius 1 is 1.37 bits per heavy atom. The summed E-state index contributed by atoms with van der Waals surface area (Å²) >= 11 is 3.34. The van der Waals surface area contributed by atoms with Gasteiger partial charge in [-0.15, -0.1) is 23.1 Å². The van der Waals surface area contributed by atoms with Gasteiger partial charge in [-0.3, -0.25) is 0 Å². The Morgan fingerprint density at radius 2 is 2.19 bits per heavy atom. The van der Waals surface area contributed by atoms with Crippen LogP contribution in [0.5, 0.6) is 5.75 Å². The fraction of sp³-hybridized carbons (Fsp3) is 0.211. The smallest absolute Gasteiger partial charge is 0.227 e. The number of rotatable bonds is 7. The van der Waals surface area contributed by atoms with Crippen molar-refractivity contribution in [2.45, 2.75) is 11.8 Å². The molecule has 6 nitrogen and oxygen atoms in total. The van der Waals surface area contributed by atoms with E-state index < -0.39 is 0 Å². The number of hydrogen-bond donors (Lipinski definition) is 3. The summed E-state index contributed by atoms with van der Waals surface area (Å²) in [4.78, 5) is 11.4. The van der Waals surface area contributed by atoms with Crippen molar-refractivity contribution < 1.29 is 4.74 Å². The average Bonchev–Trinajstić information content (AvgIpc) is 3.01. The van der Waals surface area contributed by atoms with Crippen molar-refractivity contribution in [1.82, 2.24) is 15.3 Å². The van der Waals surface area contributed by atoms with E-state index >= 15 is 0 Å². The molecular formula is C19H21N5OS2. The predicted octanol–water partition coefficient (Wildman–Crippen LogP) is 4.52. The summed E-state index contributed by atoms with van der Waals surface area (Å²) in [5, 5.41) is 13.4. The molecule has 0 unspecified atom stereocenters. The highest BCUT2D eigenvalue weighted by Crippen LogP contribution is 2.42. The van der Waals surface area contributed by atoms with Gasteiger partial charge in [-0.25, -0.2) is 9.97 Å². The third-order valence-corrected chi connectivity index (χ3v) is 5.75. The number of fused-ring (bicyclic) bond motifs is 1. The van der Waals surface area contributed by atoms with E-state index in [9.17, 15) is 0 Å². The highest BCUT2D eigenvalue weighted by Gasteiger charge is 2.18. The van der Waals surface area contributed by atoms with Crippen LogP contribution < -0.4 is 15.4 Å². The molecule has 1 aromatic carbocycles. The van der Waals surface area contributed by atoms with Crippen molar-refractivity contribution >= 4 is 45.5 Å². The molecule has 3 N–H and O–H groups in total. The number of thiophene rings is 1. The van der Waals surface area contributed by atoms with Crippen LogP contribution in [0.4, 0.5) is 5.95 Å². The van der Waals surface area contributed by atoms with Gasteiger partial charge < -0.3 is 20.8 Å². The molecule has 0 saturated carbocycles. The molecule has 140 valence electrons. The third-order valence-electron chi connectivity index (χ3n) is 4.00. The van der Waals surface area contributed by atoms with E-state index in [1.54, 1.807) is 43.5 Å². The third kappa shape index (κ3) is 3.91. The molecule has 0 spiro atoms. The van der Waals surface area contributed by atoms with Gasteiger partial charge in [0.25, 0.3) is 0 Å². The van der Waals surface area contributed by atoms with Crippen LogP contribution in [0.2, 0.25) is 0 Å². The van der Waals surface area contributed by atoms with Gasteiger partial charge in [0.05, 0.1) is 29.2 Å². The van der Waals surface area contributed by atoms with Gasteiger partial charge in [-0.2, -0.15) is 0 Å². The summed E-state index contributed by atoms with van der Waals surface area (Å²) in [6.45, 7) is 2.08. The van der Waals surface area contributed by atoms with Crippen LogP contribution >= 0.6 is 23.1 Å². The molecule has 2 heterocycles. The first-order valence-corrected chi connectivity index (χ1v) is 10.3. The Kier molecular flexibility index (Phi) is 5.98. The van der Waals surface area contributed by atoms with Gasteiger partial charge in [0.1, 0.15) is 5.75 Å². The fourth-order valence-electron chi connectivity index (χ4n) is 2.79. The molecule has 27 heavy (non-hydrogen) atoms. The number of ether oxygens (including phenoxy) is 1. The van der Waals surface area contributed by atoms with Gasteiger partial charge >= 0.3 is 0 Å². The first kappa shape index (κ1) is 19.2. The quantitative estimate of drug-likeness (QED) is 0.400. The molecule has 3 rings (SSSR count). The molecule has 2 aromatic heterocycles. The SMILES string of the molecule is CN/C=C(\C=N)Nc1ncc2sc(C)c(-c3ccc(SC)cc3OC)c2n1. The molecular weight excluding hydrogens is 378 g/mol. The summed E-state index contributed by atoms with van der Waals surface area (Å²) in [5.41, 5.74) is 3.52. The van der Waals surface area contributed by atoms with Crippen LogP contribution in [0.3, 0.4) is 0 Å². The predicted molar refractivity (Wildman–Crippen MR) is 115 cm³/mol. The lowest BCUT2D eigenvalue weighted by Crippen LogP contribution is -2.08. The van der Waals surface area contributed by atoms with Crippen molar-refractivity contribution in [3.05, 3.63) is 41.2 Å². The van der Waals surface area contributed by atoms with Gasteiger partial charge in [0, 0.05) is 40.4 Å². The van der Waals surface area contributed by atoms with E-state index in [0.717, 1.165) is 36.9 Å². The number of hydrogen-bond acceptors (Lipinski definition) is 8. The second-order valence-electron chi connectivity index (χ2n) is 5.66. The number of nitrogens with one attached hydrogen (secondary N) is 3. The molecule has 3 aromatic rings. The lowest BCUT2D eigenvalue weighted by Gasteiger charge is -2.11. The van der Waals surface area contributed by atoms with Crippen LogP contribution in [-0.2, 0) is 0 Å². The Hall–Kier alpha value is -2.58. The summed E-state index contributed by atoms with van der Waals surface area (Å²) in [7, 11) is 3.47. The Bertz CT molecular complexity index is 1010. The number of thioether (sulfide) groups is 1. The number of nitrogens with zero attached hydrogens (tertiary/aromatic N) is 2. The summed E-state index contributed by atoms with van der Waals surface area (Å²) in [5.74, 6) is 1.28. The highest BCUT2D eigenvalue weighted by molar-refractivity contribution is 7.98. The maximum absolute atomic E-state index is 7.48. The maximum Gasteiger partial charge on any atom is 0.227 e. The highest BCUT2D eigenvalue weighted by atomic mass is 32.2. The monoisotopic (exact) mass is 399 g/mol. The summed E-state index contributed by atoms with van der Waals surface area (Å²) < 4.78 is 6.66. The van der Waals surface area contributed by atoms with Gasteiger partial charge in [0.15, 0.2) is 0 Å². The van der Waals surface area contributed by atoms with Crippen molar-refractivity contribution in [2.75, 3.05) is 25.7 Å². The molecule has 0 saturated heterocycles. The van der Waals surface area contributed by atoms with Crippen molar-refractivity contribution in [2.24, 2.45) is 0 Å². The Labute approximate surface area is 166 Å². The number of anilines is 1. The lowest BCUT2D eigenvalue weighted by molar-refractivity contribution is 0.415. The largest absolute Gasteiger partial charge is 0.496 e. The number of allylic oxidation sites excluding steroid dienone is 1. The fourth-order valence-corrected chi connectivity index (χ4v) is 4.21. The van der Waals surface area contributed by atoms with Crippen LogP contribution in [0.1, 0.15) is 4.88 Å². The summed E-state index contributed by atoms with van der Waals surface area (Å²) in [6, 6.07) is 6.22. The Morgan fingerprint density at radius 3 is 2.85 bits per heavy atom. The number of aryl methyl sites for hydroxylation is 1. The van der Waals surface area contributed by atoms with E-state index in [1.165, 1.54) is 6.21 Å². The number of aromatic nitrogens is 2. The number of benzene rings is 1. The topological polar surface area (TPSA) is 82.9 Å². The summed E-state index contributed by atoms with van der Waals surface area (Å²) in [6.07, 6.45) is 6.76. The molecule has 0 atom stereocenters. The van der Waals surface area contributed by atoms with Gasteiger partial charge in [0.2, 0.25) is 5.95 Å². The standard InChI is InChI=1S/C19H21N5OS2/c1-11-17(14-6-5-13(26-4)7-15(14)25-3)18-16(27-11)10-22-19(24-18)23-12(8-20)9-21-2/h5-10,20-21H,1-4H3,(H,22,23,24)/b12-9+,20-8?. The van der Waals surface area contributed by atoms with Crippen LogP contribution in [0.15, 0.2) is 41.2 Å². The average molecular weight is 400 g/mol. The second kappa shape index (κ2) is 8.41. The molecule has 8 heteroatoms. The van der Waals surface area contributed by atoms with E-state index in [-0.39, 0.29) is 0 Å². The van der Waals surface area contributed by atoms with E-state index in [0.29, 0.717) is 11.6 Å². The van der Waals surface area contributed by atoms with E-state index in [2.05, 4.69) is 34.7 Å². The lowest BCUT2D eigenvalue weighted by atomic mass is 10.0. The second-order valence-corrected chi connectivity index (χ2v) is 7.80. The van der Waals surface area contributed by atoms with Crippen LogP contribution in [-0.4, -0.2) is 36.6 Å². The van der Waals surface area contributed by atoms with Crippen molar-refractivity contribution in [3.8, 4) is 16.9 Å². The molecule has 0 bridgehead atoms. The number of methoxy groups -OCH3 is 1. The first-order valence-electron chi connectivity index (χ1n) is 8.24. The minimum Gasteiger partial charge on any atom is -0.496 e. The minimum atomic E-state index is 0.450. The molecule has 0 aliphatic carbocycles. The van der Waals surface area contributed by atoms with Crippen molar-refractivity contribution in [1.29, 1.82) is 5.41 Å². The maximum atomic E-state index is 7.48. The first-order chi connectivity index (χ1) is 13.1. The van der Waals surface area contributed by atoms with E-state index in [4.69, 9.17) is 15.1 Å². The minimum absolute atomic E-state index is 0.450. The molecule has 0 aliphatic heterocycles. The zero-order valence-corrected chi connectivity index (χ0v) is 17.2. The van der Waals surface area contributed by atoms with Crippen LogP contribution in [0.25, 0.3) is 21.3 Å². The molecule has 0 aliphatic rings. The van der Waals surface area contributed by atoms with Gasteiger partial charge in [-0.05, 0) is 31.4 Å². The van der Waals surface area contributed by atoms with Crippen LogP contribution in [0, 0.1) is 12.3 Å². The Balaban J connectivity index is 2.13.